The summed E-state index contributed by atoms with van der Waals surface area (Å²) in [7, 11) is 0. The van der Waals surface area contributed by atoms with Gasteiger partial charge < -0.3 is 0 Å². The maximum atomic E-state index is 12.6. The van der Waals surface area contributed by atoms with Crippen molar-refractivity contribution < 1.29 is 13.2 Å². The number of halogens is 3. The van der Waals surface area contributed by atoms with Crippen LogP contribution in [-0.4, -0.2) is 6.18 Å². The molecule has 1 rings (SSSR count). The molecule has 0 aromatic heterocycles. The van der Waals surface area contributed by atoms with Crippen molar-refractivity contribution in [3.63, 3.8) is 0 Å². The van der Waals surface area contributed by atoms with Crippen LogP contribution >= 0.6 is 0 Å². The van der Waals surface area contributed by atoms with Crippen LogP contribution in [0.3, 0.4) is 0 Å². The van der Waals surface area contributed by atoms with Crippen molar-refractivity contribution >= 4 is 0 Å². The van der Waals surface area contributed by atoms with E-state index in [0.29, 0.717) is 0 Å². The molecular weight excluding hydrogens is 177 g/mol. The molecule has 3 heteroatoms. The van der Waals surface area contributed by atoms with Crippen molar-refractivity contribution in [2.45, 2.75) is 13.1 Å². The van der Waals surface area contributed by atoms with Crippen LogP contribution in [0.2, 0.25) is 0 Å². The van der Waals surface area contributed by atoms with E-state index >= 15 is 0 Å². The first-order valence-corrected chi connectivity index (χ1v) is 3.97. The molecule has 0 bridgehead atoms. The molecule has 0 nitrogen and oxygen atoms in total. The first-order valence-electron chi connectivity index (χ1n) is 3.97. The van der Waals surface area contributed by atoms with E-state index in [-0.39, 0.29) is 0 Å². The molecule has 0 fully saturated rings. The minimum absolute atomic E-state index is 0.669. The monoisotopic (exact) mass is 188 g/mol. The van der Waals surface area contributed by atoms with Gasteiger partial charge in [-0.1, -0.05) is 30.4 Å². The zero-order valence-electron chi connectivity index (χ0n) is 7.31. The average molecular weight is 188 g/mol. The normalized spacial score (nSPS) is 33.4. The lowest BCUT2D eigenvalue weighted by atomic mass is 9.74. The first kappa shape index (κ1) is 10.1. The van der Waals surface area contributed by atoms with E-state index < -0.39 is 17.5 Å². The second-order valence-electron chi connectivity index (χ2n) is 3.29. The van der Waals surface area contributed by atoms with Crippen LogP contribution in [0.1, 0.15) is 6.92 Å². The molecule has 1 aliphatic carbocycles. The Kier molecular flexibility index (Phi) is 2.37. The summed E-state index contributed by atoms with van der Waals surface area (Å²) in [5.74, 6) is -0.669. The predicted octanol–water partition coefficient (Wildman–Crippen LogP) is 3.48. The van der Waals surface area contributed by atoms with Crippen molar-refractivity contribution in [3.05, 3.63) is 37.0 Å². The quantitative estimate of drug-likeness (QED) is 0.552. The fourth-order valence-electron chi connectivity index (χ4n) is 1.36. The Morgan fingerprint density at radius 3 is 2.38 bits per heavy atom. The van der Waals surface area contributed by atoms with E-state index in [1.807, 2.05) is 0 Å². The van der Waals surface area contributed by atoms with E-state index in [4.69, 9.17) is 0 Å². The van der Waals surface area contributed by atoms with Gasteiger partial charge in [-0.25, -0.2) is 0 Å². The van der Waals surface area contributed by atoms with Gasteiger partial charge in [-0.15, -0.1) is 6.58 Å². The number of hydrogen-bond donors (Lipinski definition) is 0. The highest BCUT2D eigenvalue weighted by atomic mass is 19.4. The largest absolute Gasteiger partial charge is 0.398 e. The molecule has 0 saturated heterocycles. The van der Waals surface area contributed by atoms with E-state index in [1.54, 1.807) is 6.08 Å². The molecule has 0 aromatic rings. The van der Waals surface area contributed by atoms with Crippen molar-refractivity contribution in [2.75, 3.05) is 0 Å². The summed E-state index contributed by atoms with van der Waals surface area (Å²) in [4.78, 5) is 0. The maximum absolute atomic E-state index is 12.6. The SMILES string of the molecule is C=CC1C=CC=CC1(C)C(F)(F)F. The van der Waals surface area contributed by atoms with Crippen LogP contribution in [-0.2, 0) is 0 Å². The third kappa shape index (κ3) is 1.55. The number of alkyl halides is 3. The minimum Gasteiger partial charge on any atom is -0.170 e. The molecule has 0 N–H and O–H groups in total. The summed E-state index contributed by atoms with van der Waals surface area (Å²) in [5, 5.41) is 0. The number of rotatable bonds is 1. The lowest BCUT2D eigenvalue weighted by Gasteiger charge is -2.35. The van der Waals surface area contributed by atoms with Crippen molar-refractivity contribution in [3.8, 4) is 0 Å². The average Bonchev–Trinajstić information content (AvgIpc) is 2.03. The Morgan fingerprint density at radius 2 is 2.00 bits per heavy atom. The van der Waals surface area contributed by atoms with Crippen LogP contribution in [0.15, 0.2) is 37.0 Å². The van der Waals surface area contributed by atoms with E-state index in [9.17, 15) is 13.2 Å². The van der Waals surface area contributed by atoms with Gasteiger partial charge in [0.1, 0.15) is 0 Å². The van der Waals surface area contributed by atoms with Gasteiger partial charge >= 0.3 is 6.18 Å². The van der Waals surface area contributed by atoms with E-state index in [1.165, 1.54) is 31.2 Å². The van der Waals surface area contributed by atoms with Crippen LogP contribution in [0.4, 0.5) is 13.2 Å². The molecule has 0 spiro atoms. The Balaban J connectivity index is 3.07. The fourth-order valence-corrected chi connectivity index (χ4v) is 1.36. The Morgan fingerprint density at radius 1 is 1.38 bits per heavy atom. The standard InChI is InChI=1S/C10H11F3/c1-3-8-6-4-5-7-9(8,2)10(11,12)13/h3-8H,1H2,2H3. The Labute approximate surface area is 75.4 Å². The summed E-state index contributed by atoms with van der Waals surface area (Å²) >= 11 is 0. The van der Waals surface area contributed by atoms with E-state index in [0.717, 1.165) is 0 Å². The predicted molar refractivity (Wildman–Crippen MR) is 46.1 cm³/mol. The molecule has 0 aromatic carbocycles. The highest BCUT2D eigenvalue weighted by Crippen LogP contribution is 2.47. The number of allylic oxidation sites excluding steroid dienone is 5. The molecule has 0 aliphatic heterocycles. The summed E-state index contributed by atoms with van der Waals surface area (Å²) in [6.07, 6.45) is 2.83. The van der Waals surface area contributed by atoms with Crippen LogP contribution in [0, 0.1) is 11.3 Å². The van der Waals surface area contributed by atoms with Crippen LogP contribution in [0.5, 0.6) is 0 Å². The summed E-state index contributed by atoms with van der Waals surface area (Å²) in [6.45, 7) is 4.59. The smallest absolute Gasteiger partial charge is 0.170 e. The molecule has 0 saturated carbocycles. The van der Waals surface area contributed by atoms with Gasteiger partial charge in [-0.2, -0.15) is 13.2 Å². The lowest BCUT2D eigenvalue weighted by molar-refractivity contribution is -0.207. The zero-order valence-corrected chi connectivity index (χ0v) is 7.31. The van der Waals surface area contributed by atoms with Gasteiger partial charge in [-0.05, 0) is 6.92 Å². The van der Waals surface area contributed by atoms with Gasteiger partial charge in [0.15, 0.2) is 0 Å². The minimum atomic E-state index is -4.23. The second-order valence-corrected chi connectivity index (χ2v) is 3.29. The van der Waals surface area contributed by atoms with Gasteiger partial charge in [0.2, 0.25) is 0 Å². The Hall–Kier alpha value is -0.990. The molecular formula is C10H11F3. The summed E-state index contributed by atoms with van der Waals surface area (Å²) < 4.78 is 37.9. The number of hydrogen-bond acceptors (Lipinski definition) is 0. The molecule has 0 heterocycles. The third-order valence-electron chi connectivity index (χ3n) is 2.43. The highest BCUT2D eigenvalue weighted by molar-refractivity contribution is 5.24. The molecule has 72 valence electrons. The third-order valence-corrected chi connectivity index (χ3v) is 2.43. The van der Waals surface area contributed by atoms with Gasteiger partial charge in [0.05, 0.1) is 5.41 Å². The van der Waals surface area contributed by atoms with Crippen LogP contribution in [0.25, 0.3) is 0 Å². The molecule has 2 atom stereocenters. The molecule has 0 amide bonds. The van der Waals surface area contributed by atoms with Crippen LogP contribution < -0.4 is 0 Å². The van der Waals surface area contributed by atoms with Crippen molar-refractivity contribution in [1.82, 2.24) is 0 Å². The Bertz CT molecular complexity index is 260. The maximum Gasteiger partial charge on any atom is 0.398 e. The second kappa shape index (κ2) is 3.05. The lowest BCUT2D eigenvalue weighted by Crippen LogP contribution is -2.39. The molecule has 0 radical (unpaired) electrons. The van der Waals surface area contributed by atoms with E-state index in [2.05, 4.69) is 6.58 Å². The summed E-state index contributed by atoms with van der Waals surface area (Å²) in [6, 6.07) is 0. The molecule has 13 heavy (non-hydrogen) atoms. The van der Waals surface area contributed by atoms with Crippen molar-refractivity contribution in [1.29, 1.82) is 0 Å². The zero-order chi connectivity index (χ0) is 10.1. The van der Waals surface area contributed by atoms with Crippen molar-refractivity contribution in [2.24, 2.45) is 11.3 Å². The summed E-state index contributed by atoms with van der Waals surface area (Å²) in [5.41, 5.74) is -1.80. The highest BCUT2D eigenvalue weighted by Gasteiger charge is 2.52. The van der Waals surface area contributed by atoms with Gasteiger partial charge in [0.25, 0.3) is 0 Å². The topological polar surface area (TPSA) is 0 Å². The fraction of sp³-hybridized carbons (Fsp3) is 0.400. The molecule has 2 unspecified atom stereocenters. The van der Waals surface area contributed by atoms with Gasteiger partial charge in [-0.3, -0.25) is 0 Å². The van der Waals surface area contributed by atoms with Gasteiger partial charge in [0, 0.05) is 5.92 Å². The molecule has 1 aliphatic rings. The first-order chi connectivity index (χ1) is 5.92.